The van der Waals surface area contributed by atoms with Gasteiger partial charge in [-0.05, 0) is 25.2 Å². The summed E-state index contributed by atoms with van der Waals surface area (Å²) in [5, 5.41) is 11.5. The number of carbonyl (C=O) groups excluding carboxylic acids is 1. The fourth-order valence-electron chi connectivity index (χ4n) is 2.29. The van der Waals surface area contributed by atoms with Crippen LogP contribution < -0.4 is 5.32 Å². The lowest BCUT2D eigenvalue weighted by atomic mass is 10.2. The van der Waals surface area contributed by atoms with Crippen LogP contribution in [0.15, 0.2) is 0 Å². The number of carbonyl (C=O) groups is 2. The second-order valence-corrected chi connectivity index (χ2v) is 7.50. The monoisotopic (exact) mass is 290 g/mol. The summed E-state index contributed by atoms with van der Waals surface area (Å²) in [4.78, 5) is 24.3. The van der Waals surface area contributed by atoms with E-state index in [1.807, 2.05) is 0 Å². The standard InChI is InChI=1S/C11H18N2O5S/c1-13(8-4-5-19(17,18)6-8)11(16)12-9(10(14)15)7-2-3-7/h7-9H,2-6H2,1H3,(H,12,16)(H,14,15). The summed E-state index contributed by atoms with van der Waals surface area (Å²) in [7, 11) is -1.55. The van der Waals surface area contributed by atoms with E-state index in [1.54, 1.807) is 0 Å². The molecule has 2 amide bonds. The van der Waals surface area contributed by atoms with E-state index in [4.69, 9.17) is 5.11 Å². The molecule has 0 bridgehead atoms. The Morgan fingerprint density at radius 1 is 1.32 bits per heavy atom. The Bertz CT molecular complexity index is 485. The molecule has 1 heterocycles. The largest absolute Gasteiger partial charge is 0.480 e. The van der Waals surface area contributed by atoms with Crippen LogP contribution in [0.4, 0.5) is 4.79 Å². The van der Waals surface area contributed by atoms with Crippen molar-refractivity contribution < 1.29 is 23.1 Å². The molecule has 1 saturated heterocycles. The molecule has 0 aromatic carbocycles. The van der Waals surface area contributed by atoms with E-state index < -0.39 is 27.9 Å². The average molecular weight is 290 g/mol. The van der Waals surface area contributed by atoms with Crippen LogP contribution in [-0.2, 0) is 14.6 Å². The minimum absolute atomic E-state index is 0.00200. The Kier molecular flexibility index (Phi) is 3.71. The molecule has 108 valence electrons. The molecule has 1 saturated carbocycles. The van der Waals surface area contributed by atoms with Gasteiger partial charge in [-0.25, -0.2) is 18.0 Å². The number of carboxylic acids is 1. The zero-order valence-electron chi connectivity index (χ0n) is 10.7. The van der Waals surface area contributed by atoms with Crippen LogP contribution >= 0.6 is 0 Å². The number of nitrogens with one attached hydrogen (secondary N) is 1. The zero-order valence-corrected chi connectivity index (χ0v) is 11.5. The molecule has 8 heteroatoms. The molecule has 2 N–H and O–H groups in total. The smallest absolute Gasteiger partial charge is 0.326 e. The summed E-state index contributed by atoms with van der Waals surface area (Å²) in [5.74, 6) is -0.997. The van der Waals surface area contributed by atoms with Gasteiger partial charge < -0.3 is 15.3 Å². The summed E-state index contributed by atoms with van der Waals surface area (Å²) in [6, 6.07) is -1.74. The topological polar surface area (TPSA) is 104 Å². The van der Waals surface area contributed by atoms with Crippen molar-refractivity contribution in [3.8, 4) is 0 Å². The first-order chi connectivity index (χ1) is 8.80. The maximum Gasteiger partial charge on any atom is 0.326 e. The molecular formula is C11H18N2O5S. The number of aliphatic carboxylic acids is 1. The highest BCUT2D eigenvalue weighted by molar-refractivity contribution is 7.91. The highest BCUT2D eigenvalue weighted by Crippen LogP contribution is 2.32. The molecule has 19 heavy (non-hydrogen) atoms. The van der Waals surface area contributed by atoms with Gasteiger partial charge in [-0.15, -0.1) is 0 Å². The van der Waals surface area contributed by atoms with Gasteiger partial charge in [0.25, 0.3) is 0 Å². The first kappa shape index (κ1) is 14.1. The normalized spacial score (nSPS) is 26.7. The number of sulfone groups is 1. The van der Waals surface area contributed by atoms with Gasteiger partial charge >= 0.3 is 12.0 Å². The molecule has 2 unspecified atom stereocenters. The summed E-state index contributed by atoms with van der Waals surface area (Å²) in [6.45, 7) is 0. The Balaban J connectivity index is 1.94. The Hall–Kier alpha value is -1.31. The number of hydrogen-bond donors (Lipinski definition) is 2. The van der Waals surface area contributed by atoms with Crippen molar-refractivity contribution in [1.82, 2.24) is 10.2 Å². The fourth-order valence-corrected chi connectivity index (χ4v) is 4.07. The lowest BCUT2D eigenvalue weighted by Gasteiger charge is -2.25. The molecule has 2 rings (SSSR count). The van der Waals surface area contributed by atoms with E-state index in [0.717, 1.165) is 12.8 Å². The third-order valence-electron chi connectivity index (χ3n) is 3.71. The Morgan fingerprint density at radius 2 is 1.95 bits per heavy atom. The van der Waals surface area contributed by atoms with E-state index in [-0.39, 0.29) is 23.5 Å². The molecule has 2 aliphatic rings. The lowest BCUT2D eigenvalue weighted by molar-refractivity contribution is -0.139. The number of nitrogens with zero attached hydrogens (tertiary/aromatic N) is 1. The van der Waals surface area contributed by atoms with Crippen LogP contribution in [0.1, 0.15) is 19.3 Å². The van der Waals surface area contributed by atoms with Gasteiger partial charge in [0, 0.05) is 13.1 Å². The average Bonchev–Trinajstić information content (AvgIpc) is 3.08. The third kappa shape index (κ3) is 3.37. The quantitative estimate of drug-likeness (QED) is 0.738. The molecular weight excluding hydrogens is 272 g/mol. The second-order valence-electron chi connectivity index (χ2n) is 5.27. The summed E-state index contributed by atoms with van der Waals surface area (Å²) in [5.41, 5.74) is 0. The van der Waals surface area contributed by atoms with E-state index >= 15 is 0 Å². The zero-order chi connectivity index (χ0) is 14.2. The van der Waals surface area contributed by atoms with Gasteiger partial charge in [0.1, 0.15) is 6.04 Å². The molecule has 0 spiro atoms. The van der Waals surface area contributed by atoms with Crippen LogP contribution in [0.5, 0.6) is 0 Å². The van der Waals surface area contributed by atoms with Crippen molar-refractivity contribution in [2.75, 3.05) is 18.6 Å². The van der Waals surface area contributed by atoms with Crippen molar-refractivity contribution in [2.24, 2.45) is 5.92 Å². The van der Waals surface area contributed by atoms with Gasteiger partial charge in [0.2, 0.25) is 0 Å². The van der Waals surface area contributed by atoms with Crippen LogP contribution in [0.25, 0.3) is 0 Å². The lowest BCUT2D eigenvalue weighted by Crippen LogP contribution is -2.50. The number of rotatable bonds is 4. The molecule has 2 atom stereocenters. The van der Waals surface area contributed by atoms with Crippen LogP contribution in [0.3, 0.4) is 0 Å². The number of hydrogen-bond acceptors (Lipinski definition) is 4. The molecule has 0 radical (unpaired) electrons. The van der Waals surface area contributed by atoms with Crippen LogP contribution in [0.2, 0.25) is 0 Å². The SMILES string of the molecule is CN(C(=O)NC(C(=O)O)C1CC1)C1CCS(=O)(=O)C1. The minimum atomic E-state index is -3.06. The number of carboxylic acid groups (broad SMARTS) is 1. The van der Waals surface area contributed by atoms with Gasteiger partial charge in [-0.3, -0.25) is 0 Å². The fraction of sp³-hybridized carbons (Fsp3) is 0.818. The Morgan fingerprint density at radius 3 is 2.37 bits per heavy atom. The van der Waals surface area contributed by atoms with Crippen molar-refractivity contribution in [2.45, 2.75) is 31.3 Å². The van der Waals surface area contributed by atoms with Crippen molar-refractivity contribution >= 4 is 21.8 Å². The summed E-state index contributed by atoms with van der Waals surface area (Å²) >= 11 is 0. The van der Waals surface area contributed by atoms with E-state index in [1.165, 1.54) is 11.9 Å². The molecule has 1 aliphatic carbocycles. The predicted octanol–water partition coefficient (Wildman–Crippen LogP) is -0.322. The van der Waals surface area contributed by atoms with E-state index in [0.29, 0.717) is 6.42 Å². The summed E-state index contributed by atoms with van der Waals surface area (Å²) < 4.78 is 22.7. The third-order valence-corrected chi connectivity index (χ3v) is 5.47. The van der Waals surface area contributed by atoms with Gasteiger partial charge in [-0.1, -0.05) is 0 Å². The van der Waals surface area contributed by atoms with Crippen molar-refractivity contribution in [3.63, 3.8) is 0 Å². The molecule has 7 nitrogen and oxygen atoms in total. The van der Waals surface area contributed by atoms with Gasteiger partial charge in [0.05, 0.1) is 11.5 Å². The number of urea groups is 1. The first-order valence-corrected chi connectivity index (χ1v) is 8.09. The molecule has 0 aromatic heterocycles. The van der Waals surface area contributed by atoms with Crippen molar-refractivity contribution in [1.29, 1.82) is 0 Å². The second kappa shape index (κ2) is 4.99. The molecule has 2 fully saturated rings. The maximum atomic E-state index is 11.9. The van der Waals surface area contributed by atoms with Crippen LogP contribution in [-0.4, -0.2) is 61.1 Å². The van der Waals surface area contributed by atoms with E-state index in [9.17, 15) is 18.0 Å². The first-order valence-electron chi connectivity index (χ1n) is 6.27. The summed E-state index contributed by atoms with van der Waals surface area (Å²) in [6.07, 6.45) is 2.02. The maximum absolute atomic E-state index is 11.9. The van der Waals surface area contributed by atoms with Gasteiger partial charge in [-0.2, -0.15) is 0 Å². The predicted molar refractivity (Wildman–Crippen MR) is 67.5 cm³/mol. The van der Waals surface area contributed by atoms with E-state index in [2.05, 4.69) is 5.32 Å². The van der Waals surface area contributed by atoms with Gasteiger partial charge in [0.15, 0.2) is 9.84 Å². The van der Waals surface area contributed by atoms with Crippen LogP contribution in [0, 0.1) is 5.92 Å². The highest BCUT2D eigenvalue weighted by atomic mass is 32.2. The molecule has 1 aliphatic heterocycles. The number of amides is 2. The van der Waals surface area contributed by atoms with Crippen molar-refractivity contribution in [3.05, 3.63) is 0 Å². The Labute approximate surface area is 111 Å². The molecule has 0 aromatic rings. The highest BCUT2D eigenvalue weighted by Gasteiger charge is 2.39. The minimum Gasteiger partial charge on any atom is -0.480 e.